The molecule has 15 heavy (non-hydrogen) atoms. The molecule has 0 aliphatic heterocycles. The summed E-state index contributed by atoms with van der Waals surface area (Å²) in [5, 5.41) is 0. The van der Waals surface area contributed by atoms with Gasteiger partial charge in [0.2, 0.25) is 0 Å². The Hall–Kier alpha value is -1.50. The maximum absolute atomic E-state index is 5.35. The third kappa shape index (κ3) is 4.50. The van der Waals surface area contributed by atoms with Crippen LogP contribution in [0.5, 0.6) is 5.75 Å². The van der Waals surface area contributed by atoms with Gasteiger partial charge in [-0.3, -0.25) is 0 Å². The van der Waals surface area contributed by atoms with E-state index in [0.717, 1.165) is 11.3 Å². The minimum atomic E-state index is 0.268. The summed E-state index contributed by atoms with van der Waals surface area (Å²) in [4.78, 5) is 0. The van der Waals surface area contributed by atoms with Gasteiger partial charge in [0.15, 0.2) is 6.79 Å². The summed E-state index contributed by atoms with van der Waals surface area (Å²) in [5.41, 5.74) is 6.19. The Morgan fingerprint density at radius 2 is 2.27 bits per heavy atom. The van der Waals surface area contributed by atoms with Crippen LogP contribution in [0.2, 0.25) is 0 Å². The molecule has 0 fully saturated rings. The Kier molecular flexibility index (Phi) is 5.31. The van der Waals surface area contributed by atoms with Crippen molar-refractivity contribution in [1.29, 1.82) is 0 Å². The summed E-state index contributed by atoms with van der Waals surface area (Å²) in [6.45, 7) is 3.20. The van der Waals surface area contributed by atoms with E-state index in [9.17, 15) is 0 Å². The van der Waals surface area contributed by atoms with Gasteiger partial charge >= 0.3 is 0 Å². The molecule has 2 N–H and O–H groups in total. The van der Waals surface area contributed by atoms with Gasteiger partial charge in [-0.25, -0.2) is 0 Å². The summed E-state index contributed by atoms with van der Waals surface area (Å²) in [5.74, 6) is 6.49. The summed E-state index contributed by atoms with van der Waals surface area (Å²) >= 11 is 0. The predicted octanol–water partition coefficient (Wildman–Crippen LogP) is 1.37. The van der Waals surface area contributed by atoms with Crippen LogP contribution in [0.25, 0.3) is 0 Å². The quantitative estimate of drug-likeness (QED) is 0.458. The van der Waals surface area contributed by atoms with E-state index in [0.29, 0.717) is 13.2 Å². The molecule has 0 bridgehead atoms. The number of ether oxygens (including phenoxy) is 2. The summed E-state index contributed by atoms with van der Waals surface area (Å²) in [6, 6.07) is 7.53. The van der Waals surface area contributed by atoms with Crippen molar-refractivity contribution in [3.63, 3.8) is 0 Å². The van der Waals surface area contributed by atoms with Gasteiger partial charge in [-0.1, -0.05) is 17.9 Å². The highest BCUT2D eigenvalue weighted by molar-refractivity contribution is 5.39. The third-order valence-corrected chi connectivity index (χ3v) is 1.68. The van der Waals surface area contributed by atoms with Crippen molar-refractivity contribution in [2.24, 2.45) is 5.73 Å². The molecule has 1 aromatic carbocycles. The maximum atomic E-state index is 5.35. The van der Waals surface area contributed by atoms with Crippen LogP contribution >= 0.6 is 0 Å². The first kappa shape index (κ1) is 11.6. The molecule has 3 heteroatoms. The van der Waals surface area contributed by atoms with Gasteiger partial charge < -0.3 is 15.2 Å². The monoisotopic (exact) mass is 205 g/mol. The van der Waals surface area contributed by atoms with Crippen molar-refractivity contribution in [2.75, 3.05) is 19.9 Å². The number of benzene rings is 1. The lowest BCUT2D eigenvalue weighted by molar-refractivity contribution is 0.0224. The van der Waals surface area contributed by atoms with E-state index >= 15 is 0 Å². The topological polar surface area (TPSA) is 44.5 Å². The Labute approximate surface area is 90.2 Å². The first-order valence-electron chi connectivity index (χ1n) is 4.86. The standard InChI is InChI=1S/C12H15NO2/c1-2-14-10-15-12-7-3-5-11(9-12)6-4-8-13/h3,5,7,9H,2,8,10,13H2,1H3. The average Bonchev–Trinajstić information content (AvgIpc) is 2.27. The zero-order chi connectivity index (χ0) is 10.9. The van der Waals surface area contributed by atoms with Crippen LogP contribution < -0.4 is 10.5 Å². The highest BCUT2D eigenvalue weighted by atomic mass is 16.7. The van der Waals surface area contributed by atoms with Crippen LogP contribution in [0.3, 0.4) is 0 Å². The molecule has 0 spiro atoms. The molecule has 80 valence electrons. The van der Waals surface area contributed by atoms with Crippen molar-refractivity contribution in [3.8, 4) is 17.6 Å². The fourth-order valence-corrected chi connectivity index (χ4v) is 1.01. The average molecular weight is 205 g/mol. The molecule has 0 heterocycles. The van der Waals surface area contributed by atoms with Crippen LogP contribution in [0.1, 0.15) is 12.5 Å². The molecule has 1 aromatic rings. The second kappa shape index (κ2) is 6.88. The zero-order valence-electron chi connectivity index (χ0n) is 8.82. The first-order chi connectivity index (χ1) is 7.36. The molecule has 0 radical (unpaired) electrons. The van der Waals surface area contributed by atoms with E-state index in [2.05, 4.69) is 11.8 Å². The number of rotatable bonds is 4. The summed E-state index contributed by atoms with van der Waals surface area (Å²) in [7, 11) is 0. The molecule has 1 rings (SSSR count). The molecule has 0 aromatic heterocycles. The molecular weight excluding hydrogens is 190 g/mol. The molecular formula is C12H15NO2. The van der Waals surface area contributed by atoms with E-state index < -0.39 is 0 Å². The minimum absolute atomic E-state index is 0.268. The number of hydrogen-bond donors (Lipinski definition) is 1. The smallest absolute Gasteiger partial charge is 0.189 e. The van der Waals surface area contributed by atoms with E-state index in [1.807, 2.05) is 31.2 Å². The second-order valence-electron chi connectivity index (χ2n) is 2.79. The molecule has 0 atom stereocenters. The van der Waals surface area contributed by atoms with E-state index in [1.54, 1.807) is 0 Å². The van der Waals surface area contributed by atoms with Gasteiger partial charge in [-0.2, -0.15) is 0 Å². The molecule has 0 amide bonds. The number of nitrogens with two attached hydrogens (primary N) is 1. The van der Waals surface area contributed by atoms with Gasteiger partial charge in [0.1, 0.15) is 5.75 Å². The second-order valence-corrected chi connectivity index (χ2v) is 2.79. The maximum Gasteiger partial charge on any atom is 0.189 e. The van der Waals surface area contributed by atoms with Gasteiger partial charge in [-0.15, -0.1) is 0 Å². The van der Waals surface area contributed by atoms with Gasteiger partial charge in [0.25, 0.3) is 0 Å². The van der Waals surface area contributed by atoms with Crippen molar-refractivity contribution >= 4 is 0 Å². The minimum Gasteiger partial charge on any atom is -0.468 e. The normalized spacial score (nSPS) is 9.20. The lowest BCUT2D eigenvalue weighted by Gasteiger charge is -2.05. The third-order valence-electron chi connectivity index (χ3n) is 1.68. The highest BCUT2D eigenvalue weighted by Crippen LogP contribution is 2.12. The van der Waals surface area contributed by atoms with Crippen LogP contribution in [-0.2, 0) is 4.74 Å². The molecule has 0 aliphatic carbocycles. The fourth-order valence-electron chi connectivity index (χ4n) is 1.01. The summed E-state index contributed by atoms with van der Waals surface area (Å²) < 4.78 is 10.4. The zero-order valence-corrected chi connectivity index (χ0v) is 8.82. The molecule has 0 unspecified atom stereocenters. The van der Waals surface area contributed by atoms with E-state index in [4.69, 9.17) is 15.2 Å². The van der Waals surface area contributed by atoms with Gasteiger partial charge in [0, 0.05) is 12.2 Å². The van der Waals surface area contributed by atoms with Crippen molar-refractivity contribution in [3.05, 3.63) is 29.8 Å². The van der Waals surface area contributed by atoms with Gasteiger partial charge in [0.05, 0.1) is 6.54 Å². The largest absolute Gasteiger partial charge is 0.468 e. The van der Waals surface area contributed by atoms with E-state index in [1.165, 1.54) is 0 Å². The molecule has 3 nitrogen and oxygen atoms in total. The number of hydrogen-bond acceptors (Lipinski definition) is 3. The predicted molar refractivity (Wildman–Crippen MR) is 59.5 cm³/mol. The Morgan fingerprint density at radius 1 is 1.40 bits per heavy atom. The van der Waals surface area contributed by atoms with Crippen molar-refractivity contribution < 1.29 is 9.47 Å². The SMILES string of the molecule is CCOCOc1cccc(C#CCN)c1. The molecule has 0 aliphatic rings. The van der Waals surface area contributed by atoms with Crippen LogP contribution in [0, 0.1) is 11.8 Å². The lowest BCUT2D eigenvalue weighted by atomic mass is 10.2. The Morgan fingerprint density at radius 3 is 3.00 bits per heavy atom. The van der Waals surface area contributed by atoms with Gasteiger partial charge in [-0.05, 0) is 25.1 Å². The molecule has 0 saturated heterocycles. The first-order valence-corrected chi connectivity index (χ1v) is 4.86. The van der Waals surface area contributed by atoms with Crippen LogP contribution in [-0.4, -0.2) is 19.9 Å². The van der Waals surface area contributed by atoms with Crippen LogP contribution in [0.15, 0.2) is 24.3 Å². The molecule has 0 saturated carbocycles. The lowest BCUT2D eigenvalue weighted by Crippen LogP contribution is -2.01. The van der Waals surface area contributed by atoms with Crippen molar-refractivity contribution in [2.45, 2.75) is 6.92 Å². The Balaban J connectivity index is 2.57. The Bertz CT molecular complexity index is 352. The fraction of sp³-hybridized carbons (Fsp3) is 0.333. The van der Waals surface area contributed by atoms with E-state index in [-0.39, 0.29) is 6.79 Å². The summed E-state index contributed by atoms with van der Waals surface area (Å²) in [6.07, 6.45) is 0. The highest BCUT2D eigenvalue weighted by Gasteiger charge is 1.93. The van der Waals surface area contributed by atoms with Crippen LogP contribution in [0.4, 0.5) is 0 Å². The van der Waals surface area contributed by atoms with Crippen molar-refractivity contribution in [1.82, 2.24) is 0 Å².